The Balaban J connectivity index is 2.20. The number of likely N-dealkylation sites (tertiary alicyclic amines) is 1. The van der Waals surface area contributed by atoms with E-state index in [1.807, 2.05) is 0 Å². The maximum atomic E-state index is 11.9. The van der Waals surface area contributed by atoms with Crippen LogP contribution < -0.4 is 5.32 Å². The molecule has 1 aromatic rings. The second-order valence-electron chi connectivity index (χ2n) is 4.40. The molecule has 1 fully saturated rings. The minimum atomic E-state index is -1.14. The number of carbonyl (C=O) groups excluding carboxylic acids is 2. The molecule has 1 unspecified atom stereocenters. The van der Waals surface area contributed by atoms with Crippen molar-refractivity contribution in [2.45, 2.75) is 18.9 Å². The fourth-order valence-electron chi connectivity index (χ4n) is 1.92. The Labute approximate surface area is 119 Å². The van der Waals surface area contributed by atoms with E-state index in [4.69, 9.17) is 16.7 Å². The predicted octanol–water partition coefficient (Wildman–Crippen LogP) is 0.992. The highest BCUT2D eigenvalue weighted by Gasteiger charge is 2.31. The van der Waals surface area contributed by atoms with Gasteiger partial charge in [-0.05, 0) is 18.6 Å². The van der Waals surface area contributed by atoms with Crippen molar-refractivity contribution < 1.29 is 19.5 Å². The number of carbonyl (C=O) groups is 3. The fraction of sp³-hybridized carbons (Fsp3) is 0.333. The second kappa shape index (κ2) is 5.46. The molecule has 0 bridgehead atoms. The number of rotatable bonds is 3. The van der Waals surface area contributed by atoms with Crippen molar-refractivity contribution >= 4 is 35.2 Å². The third kappa shape index (κ3) is 2.88. The van der Waals surface area contributed by atoms with Crippen LogP contribution in [-0.4, -0.2) is 45.9 Å². The summed E-state index contributed by atoms with van der Waals surface area (Å²) < 4.78 is 0. The van der Waals surface area contributed by atoms with Crippen molar-refractivity contribution in [2.24, 2.45) is 0 Å². The van der Waals surface area contributed by atoms with Gasteiger partial charge in [0.05, 0.1) is 5.56 Å². The Bertz CT molecular complexity index is 590. The number of hydrogen-bond donors (Lipinski definition) is 2. The van der Waals surface area contributed by atoms with E-state index in [9.17, 15) is 14.4 Å². The summed E-state index contributed by atoms with van der Waals surface area (Å²) in [5.74, 6) is -1.56. The Morgan fingerprint density at radius 1 is 1.50 bits per heavy atom. The van der Waals surface area contributed by atoms with Gasteiger partial charge in [-0.3, -0.25) is 14.5 Å². The average Bonchev–Trinajstić information content (AvgIpc) is 2.39. The minimum absolute atomic E-state index is 0.0140. The van der Waals surface area contributed by atoms with Gasteiger partial charge in [-0.1, -0.05) is 11.6 Å². The van der Waals surface area contributed by atoms with Gasteiger partial charge in [0.15, 0.2) is 0 Å². The molecule has 0 aromatic carbocycles. The smallest absolute Gasteiger partial charge is 0.335 e. The normalized spacial score (nSPS) is 19.1. The molecule has 1 atom stereocenters. The Morgan fingerprint density at radius 3 is 2.85 bits per heavy atom. The lowest BCUT2D eigenvalue weighted by Gasteiger charge is -2.28. The lowest BCUT2D eigenvalue weighted by molar-refractivity contribution is -0.146. The number of carboxylic acids is 1. The van der Waals surface area contributed by atoms with Gasteiger partial charge in [0, 0.05) is 13.5 Å². The second-order valence-corrected chi connectivity index (χ2v) is 4.78. The van der Waals surface area contributed by atoms with Gasteiger partial charge < -0.3 is 10.4 Å². The topological polar surface area (TPSA) is 99.6 Å². The number of amides is 2. The van der Waals surface area contributed by atoms with Gasteiger partial charge in [-0.15, -0.1) is 0 Å². The summed E-state index contributed by atoms with van der Waals surface area (Å²) in [7, 11) is 1.41. The highest BCUT2D eigenvalue weighted by molar-refractivity contribution is 6.29. The number of nitrogens with zero attached hydrogens (tertiary/aromatic N) is 2. The molecule has 1 aliphatic rings. The molecule has 20 heavy (non-hydrogen) atoms. The third-order valence-electron chi connectivity index (χ3n) is 3.01. The standard InChI is InChI=1S/C12H12ClN3O4/c1-16-10(17)3-2-7(11(16)18)14-9-5-6(12(19)20)4-8(13)15-9/h4-5,7H,2-3H2,1H3,(H,14,15)(H,19,20). The first kappa shape index (κ1) is 14.3. The molecule has 0 spiro atoms. The summed E-state index contributed by atoms with van der Waals surface area (Å²) in [5.41, 5.74) is -0.0276. The maximum absolute atomic E-state index is 11.9. The number of halogens is 1. The monoisotopic (exact) mass is 297 g/mol. The molecule has 106 valence electrons. The zero-order chi connectivity index (χ0) is 14.9. The molecular formula is C12H12ClN3O4. The first-order chi connectivity index (χ1) is 9.38. The number of hydrogen-bond acceptors (Lipinski definition) is 5. The third-order valence-corrected chi connectivity index (χ3v) is 3.21. The number of carboxylic acid groups (broad SMARTS) is 1. The van der Waals surface area contributed by atoms with Crippen LogP contribution in [0.25, 0.3) is 0 Å². The maximum Gasteiger partial charge on any atom is 0.335 e. The highest BCUT2D eigenvalue weighted by atomic mass is 35.5. The van der Waals surface area contributed by atoms with E-state index in [0.717, 1.165) is 4.90 Å². The van der Waals surface area contributed by atoms with Crippen LogP contribution in [0.4, 0.5) is 5.82 Å². The molecule has 1 saturated heterocycles. The number of aromatic nitrogens is 1. The van der Waals surface area contributed by atoms with Crippen LogP contribution in [0.5, 0.6) is 0 Å². The molecule has 2 amide bonds. The Hall–Kier alpha value is -2.15. The quantitative estimate of drug-likeness (QED) is 0.637. The van der Waals surface area contributed by atoms with Crippen LogP contribution in [0.1, 0.15) is 23.2 Å². The van der Waals surface area contributed by atoms with E-state index < -0.39 is 12.0 Å². The summed E-state index contributed by atoms with van der Waals surface area (Å²) in [6.07, 6.45) is 0.574. The van der Waals surface area contributed by atoms with Crippen molar-refractivity contribution in [3.05, 3.63) is 22.8 Å². The van der Waals surface area contributed by atoms with E-state index in [2.05, 4.69) is 10.3 Å². The fourth-order valence-corrected chi connectivity index (χ4v) is 2.13. The highest BCUT2D eigenvalue weighted by Crippen LogP contribution is 2.19. The lowest BCUT2D eigenvalue weighted by Crippen LogP contribution is -2.48. The van der Waals surface area contributed by atoms with Crippen LogP contribution in [0, 0.1) is 0 Å². The van der Waals surface area contributed by atoms with Gasteiger partial charge in [0.2, 0.25) is 5.91 Å². The van der Waals surface area contributed by atoms with E-state index in [-0.39, 0.29) is 34.8 Å². The summed E-state index contributed by atoms with van der Waals surface area (Å²) in [6.45, 7) is 0. The van der Waals surface area contributed by atoms with Crippen LogP contribution >= 0.6 is 11.6 Å². The van der Waals surface area contributed by atoms with E-state index in [1.54, 1.807) is 0 Å². The molecule has 0 radical (unpaired) electrons. The summed E-state index contributed by atoms with van der Waals surface area (Å²) in [4.78, 5) is 39.2. The summed E-state index contributed by atoms with van der Waals surface area (Å²) >= 11 is 5.74. The van der Waals surface area contributed by atoms with Crippen LogP contribution in [-0.2, 0) is 9.59 Å². The SMILES string of the molecule is CN1C(=O)CCC(Nc2cc(C(=O)O)cc(Cl)n2)C1=O. The molecule has 7 nitrogen and oxygen atoms in total. The molecule has 2 heterocycles. The number of imide groups is 1. The molecule has 2 rings (SSSR count). The number of piperidine rings is 1. The van der Waals surface area contributed by atoms with Crippen molar-refractivity contribution in [2.75, 3.05) is 12.4 Å². The van der Waals surface area contributed by atoms with Gasteiger partial charge in [-0.25, -0.2) is 9.78 Å². The van der Waals surface area contributed by atoms with E-state index in [1.165, 1.54) is 19.2 Å². The van der Waals surface area contributed by atoms with Gasteiger partial charge in [0.25, 0.3) is 5.91 Å². The predicted molar refractivity (Wildman–Crippen MR) is 70.6 cm³/mol. The van der Waals surface area contributed by atoms with Crippen molar-refractivity contribution in [1.82, 2.24) is 9.88 Å². The lowest BCUT2D eigenvalue weighted by atomic mass is 10.0. The first-order valence-electron chi connectivity index (χ1n) is 5.86. The first-order valence-corrected chi connectivity index (χ1v) is 6.24. The molecule has 0 saturated carbocycles. The summed E-state index contributed by atoms with van der Waals surface area (Å²) in [6, 6.07) is 1.89. The largest absolute Gasteiger partial charge is 0.478 e. The summed E-state index contributed by atoms with van der Waals surface area (Å²) in [5, 5.41) is 11.8. The zero-order valence-corrected chi connectivity index (χ0v) is 11.3. The molecule has 1 aliphatic heterocycles. The van der Waals surface area contributed by atoms with E-state index >= 15 is 0 Å². The average molecular weight is 298 g/mol. The van der Waals surface area contributed by atoms with Gasteiger partial charge >= 0.3 is 5.97 Å². The number of likely N-dealkylation sites (N-methyl/N-ethyl adjacent to an activating group) is 1. The Kier molecular flexibility index (Phi) is 3.89. The van der Waals surface area contributed by atoms with Gasteiger partial charge in [-0.2, -0.15) is 0 Å². The van der Waals surface area contributed by atoms with Gasteiger partial charge in [0.1, 0.15) is 17.0 Å². The molecule has 0 aliphatic carbocycles. The van der Waals surface area contributed by atoms with Crippen LogP contribution in [0.2, 0.25) is 5.15 Å². The van der Waals surface area contributed by atoms with Crippen molar-refractivity contribution in [3.63, 3.8) is 0 Å². The number of anilines is 1. The number of nitrogens with one attached hydrogen (secondary N) is 1. The number of pyridine rings is 1. The molecule has 8 heteroatoms. The molecule has 2 N–H and O–H groups in total. The van der Waals surface area contributed by atoms with E-state index in [0.29, 0.717) is 6.42 Å². The Morgan fingerprint density at radius 2 is 2.20 bits per heavy atom. The van der Waals surface area contributed by atoms with Crippen LogP contribution in [0.3, 0.4) is 0 Å². The zero-order valence-electron chi connectivity index (χ0n) is 10.6. The molecule has 1 aromatic heterocycles. The van der Waals surface area contributed by atoms with Crippen molar-refractivity contribution in [1.29, 1.82) is 0 Å². The van der Waals surface area contributed by atoms with Crippen molar-refractivity contribution in [3.8, 4) is 0 Å². The molecular weight excluding hydrogens is 286 g/mol. The van der Waals surface area contributed by atoms with Crippen LogP contribution in [0.15, 0.2) is 12.1 Å². The minimum Gasteiger partial charge on any atom is -0.478 e. The number of aromatic carboxylic acids is 1.